The van der Waals surface area contributed by atoms with E-state index >= 15 is 0 Å². The van der Waals surface area contributed by atoms with E-state index in [0.29, 0.717) is 18.2 Å². The molecule has 0 spiro atoms. The van der Waals surface area contributed by atoms with Gasteiger partial charge in [-0.15, -0.1) is 0 Å². The second kappa shape index (κ2) is 6.99. The molecule has 0 bridgehead atoms. The third-order valence-electron chi connectivity index (χ3n) is 2.20. The molecule has 0 radical (unpaired) electrons. The molecule has 17 heavy (non-hydrogen) atoms. The third kappa shape index (κ3) is 3.98. The minimum Gasteiger partial charge on any atom is -0.465 e. The number of esters is 1. The fourth-order valence-corrected chi connectivity index (χ4v) is 2.14. The second-order valence-corrected chi connectivity index (χ2v) is 4.70. The number of carbonyl (C=O) groups is 1. The van der Waals surface area contributed by atoms with Crippen LogP contribution in [0.25, 0.3) is 0 Å². The van der Waals surface area contributed by atoms with Crippen LogP contribution in [0.4, 0.5) is 0 Å². The summed E-state index contributed by atoms with van der Waals surface area (Å²) in [6.45, 7) is 4.75. The number of halogens is 2. The van der Waals surface area contributed by atoms with Crippen molar-refractivity contribution in [2.45, 2.75) is 19.9 Å². The third-order valence-corrected chi connectivity index (χ3v) is 3.16. The summed E-state index contributed by atoms with van der Waals surface area (Å²) in [6.07, 6.45) is 0. The predicted octanol–water partition coefficient (Wildman–Crippen LogP) is 3.32. The minimum absolute atomic E-state index is 0.294. The van der Waals surface area contributed by atoms with E-state index in [4.69, 9.17) is 16.3 Å². The zero-order chi connectivity index (χ0) is 12.8. The van der Waals surface area contributed by atoms with E-state index in [2.05, 4.69) is 21.2 Å². The first-order chi connectivity index (χ1) is 8.10. The molecule has 1 aromatic rings. The summed E-state index contributed by atoms with van der Waals surface area (Å²) >= 11 is 9.36. The van der Waals surface area contributed by atoms with Gasteiger partial charge in [-0.25, -0.2) is 4.79 Å². The Balaban J connectivity index is 3.04. The van der Waals surface area contributed by atoms with Crippen molar-refractivity contribution >= 4 is 33.5 Å². The summed E-state index contributed by atoms with van der Waals surface area (Å²) in [4.78, 5) is 11.8. The van der Waals surface area contributed by atoms with Crippen molar-refractivity contribution in [2.24, 2.45) is 0 Å². The van der Waals surface area contributed by atoms with Crippen LogP contribution in [0.3, 0.4) is 0 Å². The first-order valence-electron chi connectivity index (χ1n) is 5.45. The van der Waals surface area contributed by atoms with Crippen molar-refractivity contribution < 1.29 is 9.53 Å². The molecule has 1 rings (SSSR count). The average Bonchev–Trinajstić information content (AvgIpc) is 2.30. The van der Waals surface area contributed by atoms with Gasteiger partial charge in [-0.3, -0.25) is 0 Å². The Morgan fingerprint density at radius 2 is 2.24 bits per heavy atom. The maximum Gasteiger partial charge on any atom is 0.327 e. The number of ether oxygens (including phenoxy) is 1. The Bertz CT molecular complexity index is 398. The molecule has 0 aliphatic rings. The summed E-state index contributed by atoms with van der Waals surface area (Å²) in [5.41, 5.74) is 0.790. The van der Waals surface area contributed by atoms with Crippen LogP contribution in [-0.2, 0) is 9.53 Å². The van der Waals surface area contributed by atoms with Crippen molar-refractivity contribution in [1.29, 1.82) is 0 Å². The number of benzene rings is 1. The van der Waals surface area contributed by atoms with Crippen LogP contribution in [0.5, 0.6) is 0 Å². The topological polar surface area (TPSA) is 38.3 Å². The van der Waals surface area contributed by atoms with Gasteiger partial charge in [0.1, 0.15) is 6.04 Å². The lowest BCUT2D eigenvalue weighted by molar-refractivity contribution is -0.145. The molecule has 0 aliphatic carbocycles. The summed E-state index contributed by atoms with van der Waals surface area (Å²) < 4.78 is 5.87. The van der Waals surface area contributed by atoms with Gasteiger partial charge in [-0.05, 0) is 37.2 Å². The number of carbonyl (C=O) groups excluding carboxylic acids is 1. The molecule has 0 fully saturated rings. The highest BCUT2D eigenvalue weighted by molar-refractivity contribution is 9.10. The van der Waals surface area contributed by atoms with Crippen molar-refractivity contribution in [3.63, 3.8) is 0 Å². The number of hydrogen-bond acceptors (Lipinski definition) is 3. The van der Waals surface area contributed by atoms with Crippen LogP contribution in [-0.4, -0.2) is 19.1 Å². The van der Waals surface area contributed by atoms with Gasteiger partial charge in [0, 0.05) is 9.50 Å². The summed E-state index contributed by atoms with van der Waals surface area (Å²) in [7, 11) is 0. The number of hydrogen-bond donors (Lipinski definition) is 1. The molecule has 3 nitrogen and oxygen atoms in total. The molecule has 1 aromatic carbocycles. The molecule has 94 valence electrons. The summed E-state index contributed by atoms with van der Waals surface area (Å²) in [5, 5.41) is 3.68. The van der Waals surface area contributed by atoms with E-state index in [9.17, 15) is 4.79 Å². The van der Waals surface area contributed by atoms with Gasteiger partial charge in [0.15, 0.2) is 0 Å². The highest BCUT2D eigenvalue weighted by atomic mass is 79.9. The molecule has 0 aromatic heterocycles. The number of nitrogens with one attached hydrogen (secondary N) is 1. The van der Waals surface area contributed by atoms with E-state index < -0.39 is 6.04 Å². The van der Waals surface area contributed by atoms with Crippen LogP contribution in [0.1, 0.15) is 25.5 Å². The van der Waals surface area contributed by atoms with Crippen molar-refractivity contribution in [2.75, 3.05) is 13.2 Å². The maximum atomic E-state index is 11.8. The van der Waals surface area contributed by atoms with E-state index in [1.165, 1.54) is 0 Å². The number of likely N-dealkylation sites (N-methyl/N-ethyl adjacent to an activating group) is 1. The van der Waals surface area contributed by atoms with E-state index in [1.807, 2.05) is 13.0 Å². The Hall–Kier alpha value is -0.580. The Morgan fingerprint density at radius 1 is 1.53 bits per heavy atom. The van der Waals surface area contributed by atoms with Crippen molar-refractivity contribution in [1.82, 2.24) is 5.32 Å². The molecule has 0 amide bonds. The molecule has 0 saturated heterocycles. The van der Waals surface area contributed by atoms with Crippen LogP contribution in [0.2, 0.25) is 5.02 Å². The molecule has 1 N–H and O–H groups in total. The van der Waals surface area contributed by atoms with Gasteiger partial charge >= 0.3 is 5.97 Å². The fourth-order valence-electron chi connectivity index (χ4n) is 1.49. The van der Waals surface area contributed by atoms with E-state index in [0.717, 1.165) is 10.0 Å². The predicted molar refractivity (Wildman–Crippen MR) is 72.2 cm³/mol. The first kappa shape index (κ1) is 14.5. The zero-order valence-electron chi connectivity index (χ0n) is 9.80. The zero-order valence-corrected chi connectivity index (χ0v) is 12.1. The number of rotatable bonds is 5. The SMILES string of the molecule is CCNC(C(=O)OCC)c1cc(Cl)ccc1Br. The second-order valence-electron chi connectivity index (χ2n) is 3.41. The highest BCUT2D eigenvalue weighted by Gasteiger charge is 2.23. The molecular weight excluding hydrogens is 305 g/mol. The lowest BCUT2D eigenvalue weighted by Crippen LogP contribution is -2.30. The Labute approximate surface area is 115 Å². The molecule has 5 heteroatoms. The van der Waals surface area contributed by atoms with Gasteiger partial charge in [0.05, 0.1) is 6.61 Å². The first-order valence-corrected chi connectivity index (χ1v) is 6.62. The standard InChI is InChI=1S/C12H15BrClNO2/c1-3-15-11(12(16)17-4-2)9-7-8(14)5-6-10(9)13/h5-7,11,15H,3-4H2,1-2H3. The van der Waals surface area contributed by atoms with Crippen LogP contribution in [0.15, 0.2) is 22.7 Å². The van der Waals surface area contributed by atoms with Gasteiger partial charge in [0.2, 0.25) is 0 Å². The van der Waals surface area contributed by atoms with Crippen LogP contribution in [0, 0.1) is 0 Å². The maximum absolute atomic E-state index is 11.8. The molecule has 1 atom stereocenters. The molecule has 1 unspecified atom stereocenters. The van der Waals surface area contributed by atoms with E-state index in [1.54, 1.807) is 19.1 Å². The highest BCUT2D eigenvalue weighted by Crippen LogP contribution is 2.27. The summed E-state index contributed by atoms with van der Waals surface area (Å²) in [6, 6.07) is 4.86. The average molecular weight is 321 g/mol. The largest absolute Gasteiger partial charge is 0.465 e. The van der Waals surface area contributed by atoms with Gasteiger partial charge in [0.25, 0.3) is 0 Å². The molecule has 0 saturated carbocycles. The minimum atomic E-state index is -0.493. The van der Waals surface area contributed by atoms with E-state index in [-0.39, 0.29) is 5.97 Å². The lowest BCUT2D eigenvalue weighted by atomic mass is 10.1. The van der Waals surface area contributed by atoms with Crippen molar-refractivity contribution in [3.05, 3.63) is 33.3 Å². The van der Waals surface area contributed by atoms with Crippen LogP contribution < -0.4 is 5.32 Å². The Kier molecular flexibility index (Phi) is 5.95. The lowest BCUT2D eigenvalue weighted by Gasteiger charge is -2.18. The normalized spacial score (nSPS) is 12.2. The smallest absolute Gasteiger partial charge is 0.327 e. The quantitative estimate of drug-likeness (QED) is 0.846. The van der Waals surface area contributed by atoms with Gasteiger partial charge in [-0.2, -0.15) is 0 Å². The van der Waals surface area contributed by atoms with Gasteiger partial charge in [-0.1, -0.05) is 34.5 Å². The molecular formula is C12H15BrClNO2. The molecule has 0 aliphatic heterocycles. The Morgan fingerprint density at radius 3 is 2.82 bits per heavy atom. The molecule has 0 heterocycles. The fraction of sp³-hybridized carbons (Fsp3) is 0.417. The van der Waals surface area contributed by atoms with Crippen LogP contribution >= 0.6 is 27.5 Å². The monoisotopic (exact) mass is 319 g/mol. The van der Waals surface area contributed by atoms with Crippen molar-refractivity contribution in [3.8, 4) is 0 Å². The van der Waals surface area contributed by atoms with Gasteiger partial charge < -0.3 is 10.1 Å². The summed E-state index contributed by atoms with van der Waals surface area (Å²) in [5.74, 6) is -0.294.